The van der Waals surface area contributed by atoms with Crippen molar-refractivity contribution >= 4 is 44.9 Å². The molecule has 1 N–H and O–H groups in total. The molecule has 1 fully saturated rings. The number of fused-ring (bicyclic) bond motifs is 1. The number of carbonyl (C=O) groups is 1. The van der Waals surface area contributed by atoms with Crippen molar-refractivity contribution in [2.75, 3.05) is 11.9 Å². The van der Waals surface area contributed by atoms with Gasteiger partial charge >= 0.3 is 0 Å². The van der Waals surface area contributed by atoms with Crippen LogP contribution in [-0.2, 0) is 11.3 Å². The average molecular weight is 492 g/mol. The molecule has 0 bridgehead atoms. The molecule has 2 heterocycles. The van der Waals surface area contributed by atoms with E-state index in [1.807, 2.05) is 37.3 Å². The summed E-state index contributed by atoms with van der Waals surface area (Å²) < 4.78 is 14.5. The molecule has 1 aromatic heterocycles. The van der Waals surface area contributed by atoms with E-state index in [1.165, 1.54) is 23.3 Å². The molecule has 1 saturated heterocycles. The predicted octanol–water partition coefficient (Wildman–Crippen LogP) is 6.43. The molecular formula is C27H26FN3OS2. The summed E-state index contributed by atoms with van der Waals surface area (Å²) in [6, 6.07) is 20.7. The molecule has 1 amide bonds. The summed E-state index contributed by atoms with van der Waals surface area (Å²) in [6.45, 7) is 5.57. The van der Waals surface area contributed by atoms with E-state index in [9.17, 15) is 9.18 Å². The Hall–Kier alpha value is -2.74. The molecule has 0 radical (unpaired) electrons. The van der Waals surface area contributed by atoms with Crippen molar-refractivity contribution in [2.45, 2.75) is 43.0 Å². The van der Waals surface area contributed by atoms with Crippen LogP contribution in [0.2, 0.25) is 0 Å². The van der Waals surface area contributed by atoms with Gasteiger partial charge in [0.25, 0.3) is 0 Å². The smallest absolute Gasteiger partial charge is 0.241 e. The van der Waals surface area contributed by atoms with Gasteiger partial charge in [-0.25, -0.2) is 9.37 Å². The van der Waals surface area contributed by atoms with E-state index in [1.54, 1.807) is 23.1 Å². The molecule has 0 spiro atoms. The lowest BCUT2D eigenvalue weighted by molar-refractivity contribution is -0.120. The normalized spacial score (nSPS) is 18.4. The monoisotopic (exact) mass is 491 g/mol. The van der Waals surface area contributed by atoms with E-state index in [-0.39, 0.29) is 23.0 Å². The number of benzene rings is 3. The summed E-state index contributed by atoms with van der Waals surface area (Å²) in [6.07, 6.45) is 0.734. The van der Waals surface area contributed by atoms with Crippen LogP contribution in [0.4, 0.5) is 10.1 Å². The summed E-state index contributed by atoms with van der Waals surface area (Å²) >= 11 is 3.36. The van der Waals surface area contributed by atoms with Crippen molar-refractivity contribution in [3.63, 3.8) is 0 Å². The number of likely N-dealkylation sites (tertiary alicyclic amines) is 1. The summed E-state index contributed by atoms with van der Waals surface area (Å²) in [7, 11) is 0. The first-order valence-electron chi connectivity index (χ1n) is 11.3. The number of rotatable bonds is 6. The maximum absolute atomic E-state index is 13.4. The highest BCUT2D eigenvalue weighted by Crippen LogP contribution is 2.34. The third kappa shape index (κ3) is 5.32. The largest absolute Gasteiger partial charge is 0.325 e. The number of hydrogen-bond donors (Lipinski definition) is 1. The van der Waals surface area contributed by atoms with Crippen molar-refractivity contribution in [2.24, 2.45) is 0 Å². The minimum absolute atomic E-state index is 0.000573. The van der Waals surface area contributed by atoms with Gasteiger partial charge in [0.2, 0.25) is 5.91 Å². The quantitative estimate of drug-likeness (QED) is 0.338. The summed E-state index contributed by atoms with van der Waals surface area (Å²) in [5.74, 6) is -0.234. The zero-order valence-electron chi connectivity index (χ0n) is 19.1. The SMILES string of the molecule is Cc1ccc(CN2C[C@H](Sc3ccc(F)cc3)C[C@H]2C(=O)Nc2ccc3sc(C)nc3c2)cc1. The number of thiazole rings is 1. The lowest BCUT2D eigenvalue weighted by Crippen LogP contribution is -2.39. The molecule has 0 saturated carbocycles. The highest BCUT2D eigenvalue weighted by atomic mass is 32.2. The number of hydrogen-bond acceptors (Lipinski definition) is 5. The Morgan fingerprint density at radius 1 is 1.12 bits per heavy atom. The van der Waals surface area contributed by atoms with Crippen LogP contribution in [0.5, 0.6) is 0 Å². The van der Waals surface area contributed by atoms with E-state index in [4.69, 9.17) is 0 Å². The van der Waals surface area contributed by atoms with E-state index in [2.05, 4.69) is 46.4 Å². The number of amides is 1. The fraction of sp³-hybridized carbons (Fsp3) is 0.259. The van der Waals surface area contributed by atoms with Crippen LogP contribution in [0.25, 0.3) is 10.2 Å². The van der Waals surface area contributed by atoms with Gasteiger partial charge < -0.3 is 5.32 Å². The minimum atomic E-state index is -0.243. The maximum atomic E-state index is 13.4. The molecule has 0 aliphatic carbocycles. The Morgan fingerprint density at radius 2 is 1.88 bits per heavy atom. The molecule has 7 heteroatoms. The number of aryl methyl sites for hydroxylation is 2. The van der Waals surface area contributed by atoms with Crippen LogP contribution in [0.1, 0.15) is 22.6 Å². The number of aromatic nitrogens is 1. The van der Waals surface area contributed by atoms with Gasteiger partial charge in [-0.05, 0) is 68.3 Å². The van der Waals surface area contributed by atoms with Crippen molar-refractivity contribution in [3.8, 4) is 0 Å². The van der Waals surface area contributed by atoms with Gasteiger partial charge in [-0.15, -0.1) is 23.1 Å². The van der Waals surface area contributed by atoms with Crippen LogP contribution in [-0.4, -0.2) is 33.6 Å². The molecule has 5 rings (SSSR count). The number of thioether (sulfide) groups is 1. The van der Waals surface area contributed by atoms with Crippen molar-refractivity contribution < 1.29 is 9.18 Å². The first-order valence-corrected chi connectivity index (χ1v) is 13.0. The number of anilines is 1. The summed E-state index contributed by atoms with van der Waals surface area (Å²) in [4.78, 5) is 21.2. The summed E-state index contributed by atoms with van der Waals surface area (Å²) in [5, 5.41) is 4.39. The Morgan fingerprint density at radius 3 is 2.65 bits per heavy atom. The Labute approximate surface area is 207 Å². The highest BCUT2D eigenvalue weighted by Gasteiger charge is 2.37. The molecule has 4 aromatic rings. The van der Waals surface area contributed by atoms with E-state index < -0.39 is 0 Å². The van der Waals surface area contributed by atoms with Crippen molar-refractivity contribution in [1.82, 2.24) is 9.88 Å². The Bertz CT molecular complexity index is 1300. The second-order valence-electron chi connectivity index (χ2n) is 8.76. The third-order valence-electron chi connectivity index (χ3n) is 6.05. The third-order valence-corrected chi connectivity index (χ3v) is 8.22. The van der Waals surface area contributed by atoms with Crippen LogP contribution < -0.4 is 5.32 Å². The zero-order valence-corrected chi connectivity index (χ0v) is 20.8. The maximum Gasteiger partial charge on any atom is 0.241 e. The molecule has 4 nitrogen and oxygen atoms in total. The molecule has 2 atom stereocenters. The van der Waals surface area contributed by atoms with Gasteiger partial charge in [-0.2, -0.15) is 0 Å². The van der Waals surface area contributed by atoms with E-state index in [0.29, 0.717) is 6.54 Å². The number of nitrogens with one attached hydrogen (secondary N) is 1. The van der Waals surface area contributed by atoms with Gasteiger partial charge in [0.1, 0.15) is 5.82 Å². The molecular weight excluding hydrogens is 465 g/mol. The molecule has 34 heavy (non-hydrogen) atoms. The van der Waals surface area contributed by atoms with Crippen LogP contribution in [0, 0.1) is 19.7 Å². The van der Waals surface area contributed by atoms with Gasteiger partial charge in [-0.3, -0.25) is 9.69 Å². The number of carbonyl (C=O) groups excluding carboxylic acids is 1. The van der Waals surface area contributed by atoms with Crippen molar-refractivity contribution in [3.05, 3.63) is 88.7 Å². The fourth-order valence-electron chi connectivity index (χ4n) is 4.37. The van der Waals surface area contributed by atoms with Gasteiger partial charge in [0, 0.05) is 28.9 Å². The van der Waals surface area contributed by atoms with Gasteiger partial charge in [0.15, 0.2) is 0 Å². The molecule has 174 valence electrons. The summed E-state index contributed by atoms with van der Waals surface area (Å²) in [5.41, 5.74) is 4.09. The first-order chi connectivity index (χ1) is 16.4. The lowest BCUT2D eigenvalue weighted by atomic mass is 10.1. The van der Waals surface area contributed by atoms with Crippen LogP contribution >= 0.6 is 23.1 Å². The lowest BCUT2D eigenvalue weighted by Gasteiger charge is -2.23. The molecule has 1 aliphatic heterocycles. The van der Waals surface area contributed by atoms with Crippen LogP contribution in [0.15, 0.2) is 71.6 Å². The average Bonchev–Trinajstić information content (AvgIpc) is 3.38. The molecule has 1 aliphatic rings. The minimum Gasteiger partial charge on any atom is -0.325 e. The predicted molar refractivity (Wildman–Crippen MR) is 139 cm³/mol. The molecule has 3 aromatic carbocycles. The Kier molecular flexibility index (Phi) is 6.68. The van der Waals surface area contributed by atoms with E-state index >= 15 is 0 Å². The van der Waals surface area contributed by atoms with E-state index in [0.717, 1.165) is 38.8 Å². The van der Waals surface area contributed by atoms with Gasteiger partial charge in [-0.1, -0.05) is 29.8 Å². The first kappa shape index (κ1) is 23.0. The van der Waals surface area contributed by atoms with Gasteiger partial charge in [0.05, 0.1) is 21.3 Å². The second-order valence-corrected chi connectivity index (χ2v) is 11.4. The standard InChI is InChI=1S/C27H26FN3OS2/c1-17-3-5-19(6-4-17)15-31-16-23(34-22-10-7-20(28)8-11-22)14-25(31)27(32)30-21-9-12-26-24(13-21)29-18(2)33-26/h3-13,23,25H,14-16H2,1-2H3,(H,30,32)/t23-,25+/m1/s1. The molecule has 0 unspecified atom stereocenters. The number of halogens is 1. The van der Waals surface area contributed by atoms with Crippen LogP contribution in [0.3, 0.4) is 0 Å². The fourth-order valence-corrected chi connectivity index (χ4v) is 6.40. The highest BCUT2D eigenvalue weighted by molar-refractivity contribution is 8.00. The topological polar surface area (TPSA) is 45.2 Å². The Balaban J connectivity index is 1.34. The number of nitrogens with zero attached hydrogens (tertiary/aromatic N) is 2. The second kappa shape index (κ2) is 9.86. The zero-order chi connectivity index (χ0) is 23.7. The van der Waals surface area contributed by atoms with Crippen molar-refractivity contribution in [1.29, 1.82) is 0 Å².